The second-order valence-corrected chi connectivity index (χ2v) is 6.11. The van der Waals surface area contributed by atoms with E-state index >= 15 is 0 Å². The van der Waals surface area contributed by atoms with Gasteiger partial charge >= 0.3 is 0 Å². The molecule has 124 valence electrons. The summed E-state index contributed by atoms with van der Waals surface area (Å²) in [6, 6.07) is 21.8. The Labute approximate surface area is 147 Å². The maximum atomic E-state index is 13.1. The predicted octanol–water partition coefficient (Wildman–Crippen LogP) is 3.89. The average molecular weight is 329 g/mol. The predicted molar refractivity (Wildman–Crippen MR) is 98.2 cm³/mol. The lowest BCUT2D eigenvalue weighted by atomic mass is 10.0. The molecular weight excluding hydrogens is 310 g/mol. The third kappa shape index (κ3) is 3.11. The number of anilines is 1. The second-order valence-electron chi connectivity index (χ2n) is 6.11. The summed E-state index contributed by atoms with van der Waals surface area (Å²) in [5, 5.41) is 3.50. The lowest BCUT2D eigenvalue weighted by Crippen LogP contribution is -2.44. The molecule has 25 heavy (non-hydrogen) atoms. The van der Waals surface area contributed by atoms with Gasteiger partial charge in [-0.1, -0.05) is 48.5 Å². The number of pyridine rings is 1. The molecule has 0 saturated carbocycles. The highest BCUT2D eigenvalue weighted by Crippen LogP contribution is 2.32. The molecule has 1 amide bonds. The first kappa shape index (κ1) is 15.4. The minimum atomic E-state index is -0.209. The molecule has 4 rings (SSSR count). The molecule has 4 nitrogen and oxygen atoms in total. The standard InChI is InChI=1S/C21H19N3O/c25-21-18-10-4-5-11-19(18)23-20(17-9-6-13-22-15-17)24(21)14-12-16-7-2-1-3-8-16/h1-11,13,15,20,23H,12,14H2. The van der Waals surface area contributed by atoms with E-state index in [4.69, 9.17) is 0 Å². The lowest BCUT2D eigenvalue weighted by molar-refractivity contribution is 0.0685. The summed E-state index contributed by atoms with van der Waals surface area (Å²) in [6.45, 7) is 0.643. The van der Waals surface area contributed by atoms with Crippen molar-refractivity contribution >= 4 is 11.6 Å². The molecule has 1 aliphatic heterocycles. The highest BCUT2D eigenvalue weighted by molar-refractivity contribution is 6.01. The van der Waals surface area contributed by atoms with Crippen LogP contribution < -0.4 is 5.32 Å². The van der Waals surface area contributed by atoms with Crippen LogP contribution in [0.4, 0.5) is 5.69 Å². The molecule has 0 radical (unpaired) electrons. The largest absolute Gasteiger partial charge is 0.361 e. The molecule has 1 aliphatic rings. The normalized spacial score (nSPS) is 16.2. The summed E-state index contributed by atoms with van der Waals surface area (Å²) in [4.78, 5) is 19.2. The topological polar surface area (TPSA) is 45.2 Å². The molecule has 2 aromatic carbocycles. The van der Waals surface area contributed by atoms with Gasteiger partial charge in [-0.05, 0) is 30.2 Å². The average Bonchev–Trinajstić information content (AvgIpc) is 2.69. The summed E-state index contributed by atoms with van der Waals surface area (Å²) >= 11 is 0. The number of benzene rings is 2. The molecule has 1 atom stereocenters. The van der Waals surface area contributed by atoms with Crippen LogP contribution in [0, 0.1) is 0 Å². The van der Waals surface area contributed by atoms with Crippen molar-refractivity contribution in [2.45, 2.75) is 12.6 Å². The molecule has 3 aromatic rings. The first-order chi connectivity index (χ1) is 12.3. The van der Waals surface area contributed by atoms with E-state index in [-0.39, 0.29) is 12.1 Å². The minimum absolute atomic E-state index is 0.0548. The van der Waals surface area contributed by atoms with E-state index in [1.807, 2.05) is 65.7 Å². The zero-order valence-electron chi connectivity index (χ0n) is 13.8. The Balaban J connectivity index is 1.66. The number of fused-ring (bicyclic) bond motifs is 1. The van der Waals surface area contributed by atoms with Crippen LogP contribution in [-0.2, 0) is 6.42 Å². The van der Waals surface area contributed by atoms with E-state index in [9.17, 15) is 4.79 Å². The summed E-state index contributed by atoms with van der Waals surface area (Å²) in [5.41, 5.74) is 3.80. The Hall–Kier alpha value is -3.14. The molecule has 0 bridgehead atoms. The smallest absolute Gasteiger partial charge is 0.257 e. The maximum absolute atomic E-state index is 13.1. The summed E-state index contributed by atoms with van der Waals surface area (Å²) in [5.74, 6) is 0.0548. The minimum Gasteiger partial charge on any atom is -0.361 e. The van der Waals surface area contributed by atoms with Crippen LogP contribution in [0.2, 0.25) is 0 Å². The van der Waals surface area contributed by atoms with Crippen LogP contribution in [0.25, 0.3) is 0 Å². The number of nitrogens with zero attached hydrogens (tertiary/aromatic N) is 2. The Kier molecular flexibility index (Phi) is 4.17. The quantitative estimate of drug-likeness (QED) is 0.790. The zero-order valence-corrected chi connectivity index (χ0v) is 13.8. The molecule has 1 N–H and O–H groups in total. The van der Waals surface area contributed by atoms with Crippen molar-refractivity contribution in [1.82, 2.24) is 9.88 Å². The van der Waals surface area contributed by atoms with Gasteiger partial charge in [0.05, 0.1) is 5.56 Å². The number of nitrogens with one attached hydrogen (secondary N) is 1. The van der Waals surface area contributed by atoms with E-state index in [0.717, 1.165) is 23.2 Å². The van der Waals surface area contributed by atoms with Crippen molar-refractivity contribution < 1.29 is 4.79 Å². The van der Waals surface area contributed by atoms with Crippen LogP contribution in [0.1, 0.15) is 27.7 Å². The van der Waals surface area contributed by atoms with Crippen LogP contribution in [0.5, 0.6) is 0 Å². The van der Waals surface area contributed by atoms with E-state index in [1.165, 1.54) is 5.56 Å². The first-order valence-corrected chi connectivity index (χ1v) is 8.43. The Bertz CT molecular complexity index is 865. The van der Waals surface area contributed by atoms with Gasteiger partial charge in [-0.25, -0.2) is 0 Å². The molecule has 1 aromatic heterocycles. The van der Waals surface area contributed by atoms with Gasteiger partial charge in [0, 0.05) is 30.2 Å². The van der Waals surface area contributed by atoms with E-state index in [0.29, 0.717) is 6.54 Å². The highest BCUT2D eigenvalue weighted by atomic mass is 16.2. The van der Waals surface area contributed by atoms with E-state index < -0.39 is 0 Å². The summed E-state index contributed by atoms with van der Waals surface area (Å²) in [6.07, 6.45) is 4.16. The summed E-state index contributed by atoms with van der Waals surface area (Å²) < 4.78 is 0. The number of hydrogen-bond donors (Lipinski definition) is 1. The number of carbonyl (C=O) groups is 1. The Morgan fingerprint density at radius 1 is 0.960 bits per heavy atom. The van der Waals surface area contributed by atoms with Gasteiger partial charge in [0.2, 0.25) is 0 Å². The molecule has 1 unspecified atom stereocenters. The van der Waals surface area contributed by atoms with Crippen LogP contribution in [0.3, 0.4) is 0 Å². The van der Waals surface area contributed by atoms with E-state index in [1.54, 1.807) is 6.20 Å². The van der Waals surface area contributed by atoms with Gasteiger partial charge < -0.3 is 10.2 Å². The second kappa shape index (κ2) is 6.77. The third-order valence-corrected chi connectivity index (χ3v) is 4.51. The summed E-state index contributed by atoms with van der Waals surface area (Å²) in [7, 11) is 0. The SMILES string of the molecule is O=C1c2ccccc2NC(c2cccnc2)N1CCc1ccccc1. The number of para-hydroxylation sites is 1. The fraction of sp³-hybridized carbons (Fsp3) is 0.143. The van der Waals surface area contributed by atoms with Gasteiger partial charge in [0.1, 0.15) is 6.17 Å². The zero-order chi connectivity index (χ0) is 17.1. The molecule has 4 heteroatoms. The van der Waals surface area contributed by atoms with Crippen molar-refractivity contribution in [2.75, 3.05) is 11.9 Å². The molecule has 0 spiro atoms. The molecular formula is C21H19N3O. The van der Waals surface area contributed by atoms with Crippen molar-refractivity contribution in [3.63, 3.8) is 0 Å². The van der Waals surface area contributed by atoms with Gasteiger partial charge in [-0.2, -0.15) is 0 Å². The van der Waals surface area contributed by atoms with Crippen molar-refractivity contribution in [2.24, 2.45) is 0 Å². The third-order valence-electron chi connectivity index (χ3n) is 4.51. The molecule has 0 aliphatic carbocycles. The number of amides is 1. The van der Waals surface area contributed by atoms with Crippen molar-refractivity contribution in [1.29, 1.82) is 0 Å². The number of carbonyl (C=O) groups excluding carboxylic acids is 1. The monoisotopic (exact) mass is 329 g/mol. The number of rotatable bonds is 4. The van der Waals surface area contributed by atoms with Crippen molar-refractivity contribution in [3.05, 3.63) is 95.8 Å². The van der Waals surface area contributed by atoms with Gasteiger partial charge in [0.25, 0.3) is 5.91 Å². The Morgan fingerprint density at radius 3 is 2.56 bits per heavy atom. The van der Waals surface area contributed by atoms with Crippen LogP contribution in [0.15, 0.2) is 79.1 Å². The Morgan fingerprint density at radius 2 is 1.76 bits per heavy atom. The van der Waals surface area contributed by atoms with Gasteiger partial charge in [0.15, 0.2) is 0 Å². The van der Waals surface area contributed by atoms with E-state index in [2.05, 4.69) is 22.4 Å². The number of aromatic nitrogens is 1. The van der Waals surface area contributed by atoms with Crippen LogP contribution in [-0.4, -0.2) is 22.3 Å². The van der Waals surface area contributed by atoms with Crippen LogP contribution >= 0.6 is 0 Å². The molecule has 0 fully saturated rings. The lowest BCUT2D eigenvalue weighted by Gasteiger charge is -2.38. The van der Waals surface area contributed by atoms with Gasteiger partial charge in [-0.15, -0.1) is 0 Å². The molecule has 0 saturated heterocycles. The fourth-order valence-electron chi connectivity index (χ4n) is 3.22. The highest BCUT2D eigenvalue weighted by Gasteiger charge is 2.32. The molecule has 2 heterocycles. The maximum Gasteiger partial charge on any atom is 0.257 e. The van der Waals surface area contributed by atoms with Crippen molar-refractivity contribution in [3.8, 4) is 0 Å². The fourth-order valence-corrected chi connectivity index (χ4v) is 3.22. The number of hydrogen-bond acceptors (Lipinski definition) is 3. The van der Waals surface area contributed by atoms with Gasteiger partial charge in [-0.3, -0.25) is 9.78 Å². The first-order valence-electron chi connectivity index (χ1n) is 8.43.